The van der Waals surface area contributed by atoms with E-state index in [1.807, 2.05) is 37.4 Å². The Hall–Kier alpha value is -3.21. The number of aryl methyl sites for hydroxylation is 2. The summed E-state index contributed by atoms with van der Waals surface area (Å²) in [5.74, 6) is 1.000. The van der Waals surface area contributed by atoms with Crippen LogP contribution in [0.3, 0.4) is 0 Å². The largest absolute Gasteiger partial charge is 0.492 e. The van der Waals surface area contributed by atoms with Gasteiger partial charge >= 0.3 is 5.97 Å². The average Bonchev–Trinajstić information content (AvgIpc) is 3.22. The molecule has 2 aromatic heterocycles. The highest BCUT2D eigenvalue weighted by atomic mass is 16.5. The quantitative estimate of drug-likeness (QED) is 0.387. The molecule has 0 amide bonds. The van der Waals surface area contributed by atoms with E-state index in [4.69, 9.17) is 19.2 Å². The van der Waals surface area contributed by atoms with Gasteiger partial charge in [0.25, 0.3) is 5.56 Å². The lowest BCUT2D eigenvalue weighted by atomic mass is 10.00. The molecule has 1 aliphatic heterocycles. The summed E-state index contributed by atoms with van der Waals surface area (Å²) in [6.45, 7) is 4.88. The molecule has 1 atom stereocenters. The summed E-state index contributed by atoms with van der Waals surface area (Å²) < 4.78 is 20.2. The van der Waals surface area contributed by atoms with Crippen molar-refractivity contribution in [2.24, 2.45) is 13.0 Å². The standard InChI is InChI=1S/C26H34N4O6/c1-17-12-19(15-29(2)25(17)31)24-28-21-5-4-20(36-11-8-27-22(16-34-3)26(32)33)13-23(21)30(24)14-18-6-9-35-10-7-18/h4-5,12-13,15,18,22,27H,6-11,14,16H2,1-3H3,(H,32,33)/t22-/m0/s1. The van der Waals surface area contributed by atoms with E-state index in [2.05, 4.69) is 9.88 Å². The van der Waals surface area contributed by atoms with Gasteiger partial charge in [-0.05, 0) is 43.9 Å². The van der Waals surface area contributed by atoms with E-state index >= 15 is 0 Å². The van der Waals surface area contributed by atoms with Crippen LogP contribution in [0.5, 0.6) is 5.75 Å². The number of nitrogens with one attached hydrogen (secondary N) is 1. The predicted molar refractivity (Wildman–Crippen MR) is 135 cm³/mol. The molecule has 4 rings (SSSR count). The smallest absolute Gasteiger partial charge is 0.323 e. The number of carboxylic acids is 1. The van der Waals surface area contributed by atoms with Gasteiger partial charge in [-0.15, -0.1) is 0 Å². The van der Waals surface area contributed by atoms with Crippen LogP contribution in [0.15, 0.2) is 35.3 Å². The maximum atomic E-state index is 12.3. The number of benzene rings is 1. The molecule has 0 aliphatic carbocycles. The lowest BCUT2D eigenvalue weighted by molar-refractivity contribution is -0.140. The minimum absolute atomic E-state index is 0.0224. The lowest BCUT2D eigenvalue weighted by Crippen LogP contribution is -2.42. The second-order valence-electron chi connectivity index (χ2n) is 9.23. The number of carbonyl (C=O) groups is 1. The summed E-state index contributed by atoms with van der Waals surface area (Å²) >= 11 is 0. The molecular weight excluding hydrogens is 464 g/mol. The molecule has 0 saturated carbocycles. The number of ether oxygens (including phenoxy) is 3. The monoisotopic (exact) mass is 498 g/mol. The molecule has 1 saturated heterocycles. The van der Waals surface area contributed by atoms with Gasteiger partial charge in [0.05, 0.1) is 17.6 Å². The highest BCUT2D eigenvalue weighted by Crippen LogP contribution is 2.30. The molecule has 0 radical (unpaired) electrons. The Morgan fingerprint density at radius 2 is 2.08 bits per heavy atom. The molecule has 0 bridgehead atoms. The topological polar surface area (TPSA) is 117 Å². The van der Waals surface area contributed by atoms with E-state index in [1.54, 1.807) is 11.6 Å². The number of pyridine rings is 1. The number of fused-ring (bicyclic) bond motifs is 1. The van der Waals surface area contributed by atoms with Crippen LogP contribution in [0.25, 0.3) is 22.4 Å². The lowest BCUT2D eigenvalue weighted by Gasteiger charge is -2.23. The van der Waals surface area contributed by atoms with Gasteiger partial charge in [0.1, 0.15) is 24.2 Å². The van der Waals surface area contributed by atoms with Gasteiger partial charge in [0.2, 0.25) is 0 Å². The fourth-order valence-electron chi connectivity index (χ4n) is 4.57. The maximum Gasteiger partial charge on any atom is 0.323 e. The van der Waals surface area contributed by atoms with Gasteiger partial charge in [-0.1, -0.05) is 0 Å². The molecule has 1 fully saturated rings. The predicted octanol–water partition coefficient (Wildman–Crippen LogP) is 2.21. The Kier molecular flexibility index (Phi) is 8.40. The number of methoxy groups -OCH3 is 1. The normalized spacial score (nSPS) is 15.3. The van der Waals surface area contributed by atoms with E-state index in [1.165, 1.54) is 7.11 Å². The Labute approximate surface area is 209 Å². The molecule has 194 valence electrons. The van der Waals surface area contributed by atoms with Crippen LogP contribution < -0.4 is 15.6 Å². The summed E-state index contributed by atoms with van der Waals surface area (Å²) in [4.78, 5) is 28.5. The van der Waals surface area contributed by atoms with Crippen LogP contribution in [-0.2, 0) is 27.9 Å². The SMILES string of the molecule is COC[C@H](NCCOc1ccc2nc(-c3cc(C)c(=O)n(C)c3)n(CC3CCOCC3)c2c1)C(=O)O. The minimum atomic E-state index is -0.962. The van der Waals surface area contributed by atoms with Crippen LogP contribution in [-0.4, -0.2) is 71.3 Å². The van der Waals surface area contributed by atoms with Gasteiger partial charge < -0.3 is 28.5 Å². The minimum Gasteiger partial charge on any atom is -0.492 e. The summed E-state index contributed by atoms with van der Waals surface area (Å²) in [7, 11) is 3.23. The fraction of sp³-hybridized carbons (Fsp3) is 0.500. The Balaban J connectivity index is 1.60. The molecule has 3 heterocycles. The Bertz CT molecular complexity index is 1240. The van der Waals surface area contributed by atoms with E-state index in [-0.39, 0.29) is 12.2 Å². The molecule has 36 heavy (non-hydrogen) atoms. The van der Waals surface area contributed by atoms with Gasteiger partial charge in [-0.25, -0.2) is 4.98 Å². The molecule has 2 N–H and O–H groups in total. The third-order valence-corrected chi connectivity index (χ3v) is 6.51. The number of aromatic nitrogens is 3. The number of nitrogens with zero attached hydrogens (tertiary/aromatic N) is 3. The van der Waals surface area contributed by atoms with Gasteiger partial charge in [-0.2, -0.15) is 0 Å². The zero-order valence-electron chi connectivity index (χ0n) is 21.0. The zero-order chi connectivity index (χ0) is 25.7. The third-order valence-electron chi connectivity index (χ3n) is 6.51. The van der Waals surface area contributed by atoms with Crippen molar-refractivity contribution >= 4 is 17.0 Å². The van der Waals surface area contributed by atoms with Gasteiger partial charge in [0.15, 0.2) is 0 Å². The first-order chi connectivity index (χ1) is 17.4. The maximum absolute atomic E-state index is 12.3. The molecule has 10 nitrogen and oxygen atoms in total. The van der Waals surface area contributed by atoms with Crippen LogP contribution in [0, 0.1) is 12.8 Å². The van der Waals surface area contributed by atoms with E-state index < -0.39 is 12.0 Å². The van der Waals surface area contributed by atoms with Crippen molar-refractivity contribution in [2.75, 3.05) is 40.1 Å². The molecule has 1 aliphatic rings. The van der Waals surface area contributed by atoms with Crippen molar-refractivity contribution in [3.63, 3.8) is 0 Å². The van der Waals surface area contributed by atoms with Crippen molar-refractivity contribution in [1.29, 1.82) is 0 Å². The summed E-state index contributed by atoms with van der Waals surface area (Å²) in [6, 6.07) is 6.89. The van der Waals surface area contributed by atoms with Crippen LogP contribution in [0.1, 0.15) is 18.4 Å². The highest BCUT2D eigenvalue weighted by Gasteiger charge is 2.21. The molecule has 10 heteroatoms. The average molecular weight is 499 g/mol. The number of imidazole rings is 1. The molecular formula is C26H34N4O6. The van der Waals surface area contributed by atoms with E-state index in [0.29, 0.717) is 30.4 Å². The molecule has 0 spiro atoms. The highest BCUT2D eigenvalue weighted by molar-refractivity contribution is 5.82. The fourth-order valence-corrected chi connectivity index (χ4v) is 4.57. The number of carboxylic acid groups (broad SMARTS) is 1. The second-order valence-corrected chi connectivity index (χ2v) is 9.23. The van der Waals surface area contributed by atoms with Crippen molar-refractivity contribution in [3.05, 3.63) is 46.4 Å². The van der Waals surface area contributed by atoms with E-state index in [0.717, 1.165) is 55.0 Å². The molecule has 3 aromatic rings. The third kappa shape index (κ3) is 5.95. The number of aliphatic carboxylic acids is 1. The Morgan fingerprint density at radius 3 is 2.78 bits per heavy atom. The summed E-state index contributed by atoms with van der Waals surface area (Å²) in [5, 5.41) is 12.2. The number of hydrogen-bond donors (Lipinski definition) is 2. The molecule has 1 aromatic carbocycles. The van der Waals surface area contributed by atoms with E-state index in [9.17, 15) is 14.7 Å². The van der Waals surface area contributed by atoms with Gasteiger partial charge in [0, 0.05) is 63.9 Å². The van der Waals surface area contributed by atoms with Crippen LogP contribution in [0.4, 0.5) is 0 Å². The number of hydrogen-bond acceptors (Lipinski definition) is 7. The van der Waals surface area contributed by atoms with Crippen molar-refractivity contribution in [3.8, 4) is 17.1 Å². The summed E-state index contributed by atoms with van der Waals surface area (Å²) in [6.07, 6.45) is 3.80. The number of rotatable bonds is 11. The van der Waals surface area contributed by atoms with Crippen molar-refractivity contribution in [1.82, 2.24) is 19.4 Å². The van der Waals surface area contributed by atoms with Crippen molar-refractivity contribution < 1.29 is 24.1 Å². The first-order valence-electron chi connectivity index (χ1n) is 12.2. The van der Waals surface area contributed by atoms with Crippen LogP contribution in [0.2, 0.25) is 0 Å². The zero-order valence-corrected chi connectivity index (χ0v) is 21.0. The first-order valence-corrected chi connectivity index (χ1v) is 12.2. The van der Waals surface area contributed by atoms with Crippen LogP contribution >= 0.6 is 0 Å². The van der Waals surface area contributed by atoms with Crippen molar-refractivity contribution in [2.45, 2.75) is 32.4 Å². The summed E-state index contributed by atoms with van der Waals surface area (Å²) in [5.41, 5.74) is 3.34. The Morgan fingerprint density at radius 1 is 1.31 bits per heavy atom. The molecule has 0 unspecified atom stereocenters. The first kappa shape index (κ1) is 25.9. The second kappa shape index (κ2) is 11.7. The van der Waals surface area contributed by atoms with Gasteiger partial charge in [-0.3, -0.25) is 14.9 Å².